The molecule has 0 spiro atoms. The van der Waals surface area contributed by atoms with Crippen molar-refractivity contribution < 1.29 is 4.79 Å². The number of carbonyl (C=O) groups is 1. The van der Waals surface area contributed by atoms with E-state index < -0.39 is 0 Å². The Kier molecular flexibility index (Phi) is 2.93. The highest BCUT2D eigenvalue weighted by Crippen LogP contribution is 2.19. The Balaban J connectivity index is 2.20. The summed E-state index contributed by atoms with van der Waals surface area (Å²) < 4.78 is 0. The molecular formula is C11H13ClN2O. The molecule has 0 aliphatic carbocycles. The molecule has 0 aromatic heterocycles. The molecule has 1 aromatic rings. The van der Waals surface area contributed by atoms with Crippen LogP contribution >= 0.6 is 11.6 Å². The van der Waals surface area contributed by atoms with E-state index in [-0.39, 0.29) is 18.0 Å². The number of benzene rings is 1. The van der Waals surface area contributed by atoms with Gasteiger partial charge in [-0.05, 0) is 24.6 Å². The van der Waals surface area contributed by atoms with Crippen LogP contribution in [0.2, 0.25) is 5.02 Å². The zero-order chi connectivity index (χ0) is 10.8. The van der Waals surface area contributed by atoms with Gasteiger partial charge < -0.3 is 10.6 Å². The number of nitrogens with one attached hydrogen (secondary N) is 2. The summed E-state index contributed by atoms with van der Waals surface area (Å²) in [6.07, 6.45) is 0. The molecule has 1 aliphatic heterocycles. The minimum absolute atomic E-state index is 0.0102. The van der Waals surface area contributed by atoms with Crippen molar-refractivity contribution >= 4 is 17.5 Å². The Hall–Kier alpha value is -1.06. The van der Waals surface area contributed by atoms with Crippen molar-refractivity contribution in [2.45, 2.75) is 19.0 Å². The summed E-state index contributed by atoms with van der Waals surface area (Å²) in [5.74, 6) is 0.0102. The van der Waals surface area contributed by atoms with Gasteiger partial charge in [0.25, 0.3) is 0 Å². The van der Waals surface area contributed by atoms with E-state index in [0.29, 0.717) is 5.02 Å². The number of hydrogen-bond acceptors (Lipinski definition) is 2. The summed E-state index contributed by atoms with van der Waals surface area (Å²) in [4.78, 5) is 11.7. The normalized spacial score (nSPS) is 26.1. The van der Waals surface area contributed by atoms with Gasteiger partial charge in [0.15, 0.2) is 0 Å². The molecule has 0 radical (unpaired) electrons. The van der Waals surface area contributed by atoms with Gasteiger partial charge in [-0.15, -0.1) is 0 Å². The maximum atomic E-state index is 11.7. The summed E-state index contributed by atoms with van der Waals surface area (Å²) in [6, 6.07) is 7.28. The van der Waals surface area contributed by atoms with E-state index in [0.717, 1.165) is 12.1 Å². The highest BCUT2D eigenvalue weighted by molar-refractivity contribution is 6.30. The molecule has 4 heteroatoms. The van der Waals surface area contributed by atoms with Crippen molar-refractivity contribution in [1.29, 1.82) is 0 Å². The molecule has 2 unspecified atom stereocenters. The number of carbonyl (C=O) groups excluding carboxylic acids is 1. The number of rotatable bonds is 1. The second-order valence-electron chi connectivity index (χ2n) is 3.81. The van der Waals surface area contributed by atoms with E-state index in [1.807, 2.05) is 25.1 Å². The van der Waals surface area contributed by atoms with E-state index in [1.165, 1.54) is 0 Å². The van der Waals surface area contributed by atoms with Crippen molar-refractivity contribution in [3.05, 3.63) is 34.9 Å². The third kappa shape index (κ3) is 2.30. The van der Waals surface area contributed by atoms with Gasteiger partial charge in [0.05, 0.1) is 0 Å². The van der Waals surface area contributed by atoms with Crippen LogP contribution < -0.4 is 10.6 Å². The highest BCUT2D eigenvalue weighted by Gasteiger charge is 2.26. The summed E-state index contributed by atoms with van der Waals surface area (Å²) in [6.45, 7) is 2.75. The van der Waals surface area contributed by atoms with Crippen molar-refractivity contribution in [3.63, 3.8) is 0 Å². The molecule has 1 saturated heterocycles. The zero-order valence-electron chi connectivity index (χ0n) is 8.46. The van der Waals surface area contributed by atoms with Crippen LogP contribution in [0.1, 0.15) is 18.5 Å². The van der Waals surface area contributed by atoms with Crippen LogP contribution in [0, 0.1) is 0 Å². The Morgan fingerprint density at radius 1 is 1.47 bits per heavy atom. The molecule has 1 aromatic carbocycles. The van der Waals surface area contributed by atoms with E-state index in [2.05, 4.69) is 10.6 Å². The minimum Gasteiger partial charge on any atom is -0.351 e. The molecule has 2 atom stereocenters. The first-order chi connectivity index (χ1) is 7.16. The maximum Gasteiger partial charge on any atom is 0.241 e. The van der Waals surface area contributed by atoms with Gasteiger partial charge in [0, 0.05) is 17.6 Å². The Morgan fingerprint density at radius 3 is 2.93 bits per heavy atom. The summed E-state index contributed by atoms with van der Waals surface area (Å²) in [5.41, 5.74) is 0.909. The fourth-order valence-electron chi connectivity index (χ4n) is 1.72. The lowest BCUT2D eigenvalue weighted by Gasteiger charge is -2.28. The maximum absolute atomic E-state index is 11.7. The van der Waals surface area contributed by atoms with Gasteiger partial charge in [-0.1, -0.05) is 23.7 Å². The molecule has 80 valence electrons. The van der Waals surface area contributed by atoms with E-state index in [1.54, 1.807) is 6.07 Å². The number of hydrogen-bond donors (Lipinski definition) is 2. The van der Waals surface area contributed by atoms with E-state index >= 15 is 0 Å². The highest BCUT2D eigenvalue weighted by atomic mass is 35.5. The van der Waals surface area contributed by atoms with E-state index in [9.17, 15) is 4.79 Å². The van der Waals surface area contributed by atoms with Gasteiger partial charge in [-0.25, -0.2) is 0 Å². The van der Waals surface area contributed by atoms with Crippen molar-refractivity contribution in [2.75, 3.05) is 6.54 Å². The average Bonchev–Trinajstić information content (AvgIpc) is 2.17. The third-order valence-electron chi connectivity index (χ3n) is 2.46. The lowest BCUT2D eigenvalue weighted by molar-refractivity contribution is -0.125. The van der Waals surface area contributed by atoms with Crippen molar-refractivity contribution in [2.24, 2.45) is 0 Å². The standard InChI is InChI=1S/C11H13ClN2O/c1-7-6-13-10(11(15)14-7)8-3-2-4-9(12)5-8/h2-5,7,10,13H,6H2,1H3,(H,14,15). The molecule has 1 amide bonds. The lowest BCUT2D eigenvalue weighted by Crippen LogP contribution is -2.52. The smallest absolute Gasteiger partial charge is 0.241 e. The first-order valence-corrected chi connectivity index (χ1v) is 5.34. The second-order valence-corrected chi connectivity index (χ2v) is 4.24. The van der Waals surface area contributed by atoms with Crippen LogP contribution in [0.5, 0.6) is 0 Å². The molecule has 2 N–H and O–H groups in total. The summed E-state index contributed by atoms with van der Waals surface area (Å²) in [7, 11) is 0. The van der Waals surface area contributed by atoms with Gasteiger partial charge >= 0.3 is 0 Å². The molecule has 3 nitrogen and oxygen atoms in total. The van der Waals surface area contributed by atoms with Crippen LogP contribution in [-0.2, 0) is 4.79 Å². The molecule has 1 aliphatic rings. The van der Waals surface area contributed by atoms with Crippen LogP contribution in [0.4, 0.5) is 0 Å². The topological polar surface area (TPSA) is 41.1 Å². The summed E-state index contributed by atoms with van der Waals surface area (Å²) >= 11 is 5.88. The molecule has 0 bridgehead atoms. The predicted molar refractivity (Wildman–Crippen MR) is 59.8 cm³/mol. The SMILES string of the molecule is CC1CNC(c2cccc(Cl)c2)C(=O)N1. The molecule has 0 saturated carbocycles. The fraction of sp³-hybridized carbons (Fsp3) is 0.364. The minimum atomic E-state index is -0.278. The third-order valence-corrected chi connectivity index (χ3v) is 2.70. The van der Waals surface area contributed by atoms with Gasteiger partial charge in [-0.3, -0.25) is 4.79 Å². The number of halogens is 1. The Bertz CT molecular complexity index is 381. The quantitative estimate of drug-likeness (QED) is 0.759. The lowest BCUT2D eigenvalue weighted by atomic mass is 10.0. The molecule has 1 heterocycles. The van der Waals surface area contributed by atoms with Gasteiger partial charge in [0.1, 0.15) is 6.04 Å². The van der Waals surface area contributed by atoms with Gasteiger partial charge in [0.2, 0.25) is 5.91 Å². The molecular weight excluding hydrogens is 212 g/mol. The monoisotopic (exact) mass is 224 g/mol. The van der Waals surface area contributed by atoms with Crippen LogP contribution in [0.25, 0.3) is 0 Å². The Labute approximate surface area is 93.8 Å². The summed E-state index contributed by atoms with van der Waals surface area (Å²) in [5, 5.41) is 6.75. The van der Waals surface area contributed by atoms with Crippen molar-refractivity contribution in [3.8, 4) is 0 Å². The number of piperazine rings is 1. The molecule has 15 heavy (non-hydrogen) atoms. The van der Waals surface area contributed by atoms with Crippen molar-refractivity contribution in [1.82, 2.24) is 10.6 Å². The van der Waals surface area contributed by atoms with Crippen LogP contribution in [-0.4, -0.2) is 18.5 Å². The first-order valence-electron chi connectivity index (χ1n) is 4.96. The molecule has 2 rings (SSSR count). The predicted octanol–water partition coefficient (Wildman–Crippen LogP) is 1.49. The number of amides is 1. The largest absolute Gasteiger partial charge is 0.351 e. The second kappa shape index (κ2) is 4.21. The average molecular weight is 225 g/mol. The fourth-order valence-corrected chi connectivity index (χ4v) is 1.92. The van der Waals surface area contributed by atoms with Crippen LogP contribution in [0.3, 0.4) is 0 Å². The Morgan fingerprint density at radius 2 is 2.27 bits per heavy atom. The van der Waals surface area contributed by atoms with Crippen LogP contribution in [0.15, 0.2) is 24.3 Å². The first kappa shape index (κ1) is 10.5. The van der Waals surface area contributed by atoms with E-state index in [4.69, 9.17) is 11.6 Å². The van der Waals surface area contributed by atoms with Gasteiger partial charge in [-0.2, -0.15) is 0 Å². The molecule has 1 fully saturated rings. The zero-order valence-corrected chi connectivity index (χ0v) is 9.21.